The quantitative estimate of drug-likeness (QED) is 0.580. The average Bonchev–Trinajstić information content (AvgIpc) is 3.29. The summed E-state index contributed by atoms with van der Waals surface area (Å²) >= 11 is 0. The van der Waals surface area contributed by atoms with Crippen LogP contribution in [-0.4, -0.2) is 31.3 Å². The molecule has 3 heteroatoms. The number of aromatic hydroxyl groups is 1. The maximum Gasteiger partial charge on any atom is 0.138 e. The average molecular weight is 330 g/mol. The highest BCUT2D eigenvalue weighted by Gasteiger charge is 2.14. The van der Waals surface area contributed by atoms with Crippen LogP contribution in [0.1, 0.15) is 0 Å². The molecule has 1 fully saturated rings. The van der Waals surface area contributed by atoms with E-state index in [1.165, 1.54) is 22.3 Å². The summed E-state index contributed by atoms with van der Waals surface area (Å²) in [6.07, 6.45) is 0. The van der Waals surface area contributed by atoms with Gasteiger partial charge in [-0.3, -0.25) is 0 Å². The Morgan fingerprint density at radius 1 is 0.680 bits per heavy atom. The van der Waals surface area contributed by atoms with Crippen LogP contribution in [0.15, 0.2) is 72.8 Å². The van der Waals surface area contributed by atoms with Crippen LogP contribution in [0.3, 0.4) is 0 Å². The third kappa shape index (κ3) is 3.67. The lowest BCUT2D eigenvalue weighted by Gasteiger charge is -2.29. The highest BCUT2D eigenvalue weighted by Crippen LogP contribution is 2.40. The van der Waals surface area contributed by atoms with Crippen molar-refractivity contribution in [1.82, 2.24) is 5.32 Å². The summed E-state index contributed by atoms with van der Waals surface area (Å²) < 4.78 is 0. The zero-order chi connectivity index (χ0) is 17.1. The molecule has 3 nitrogen and oxygen atoms in total. The molecule has 1 heterocycles. The lowest BCUT2D eigenvalue weighted by Crippen LogP contribution is -2.43. The molecule has 2 aromatic rings. The van der Waals surface area contributed by atoms with Crippen LogP contribution < -0.4 is 10.2 Å². The first-order valence-electron chi connectivity index (χ1n) is 8.76. The van der Waals surface area contributed by atoms with Gasteiger partial charge in [0.25, 0.3) is 0 Å². The second-order valence-corrected chi connectivity index (χ2v) is 6.39. The number of hydrogen-bond donors (Lipinski definition) is 2. The maximum atomic E-state index is 9.60. The number of piperazine rings is 1. The van der Waals surface area contributed by atoms with Crippen molar-refractivity contribution in [1.29, 1.82) is 0 Å². The second kappa shape index (κ2) is 6.99. The molecule has 0 amide bonds. The second-order valence-electron chi connectivity index (χ2n) is 6.39. The summed E-state index contributed by atoms with van der Waals surface area (Å²) in [5.41, 5.74) is 6.44. The molecule has 0 aromatic heterocycles. The van der Waals surface area contributed by atoms with E-state index in [1.54, 1.807) is 6.07 Å². The first kappa shape index (κ1) is 15.7. The van der Waals surface area contributed by atoms with E-state index in [9.17, 15) is 5.11 Å². The van der Waals surface area contributed by atoms with Gasteiger partial charge in [-0.2, -0.15) is 0 Å². The molecule has 2 N–H and O–H groups in total. The van der Waals surface area contributed by atoms with Gasteiger partial charge in [-0.15, -0.1) is 0 Å². The summed E-state index contributed by atoms with van der Waals surface area (Å²) in [4.78, 5) is 2.20. The molecule has 25 heavy (non-hydrogen) atoms. The van der Waals surface area contributed by atoms with Gasteiger partial charge in [0.05, 0.1) is 5.69 Å². The molecule has 2 aromatic carbocycles. The smallest absolute Gasteiger partial charge is 0.138 e. The van der Waals surface area contributed by atoms with Crippen molar-refractivity contribution in [2.24, 2.45) is 0 Å². The number of para-hydroxylation sites is 2. The molecule has 0 unspecified atom stereocenters. The minimum atomic E-state index is 0.379. The van der Waals surface area contributed by atoms with Crippen molar-refractivity contribution in [3.05, 3.63) is 72.8 Å². The van der Waals surface area contributed by atoms with Gasteiger partial charge >= 0.3 is 0 Å². The zero-order valence-electron chi connectivity index (χ0n) is 14.2. The van der Waals surface area contributed by atoms with E-state index < -0.39 is 0 Å². The molecule has 0 radical (unpaired) electrons. The molecule has 0 saturated carbocycles. The van der Waals surface area contributed by atoms with Crippen LogP contribution in [0.25, 0.3) is 22.3 Å². The summed E-state index contributed by atoms with van der Waals surface area (Å²) in [7, 11) is 0. The standard InChI is InChI=1S/C12H8.C10H14N2O/c1-2-4-9(5-3-1)10-6-11-8-12(11)7-10;13-10-4-2-1-3-9(10)12-7-5-11-6-8-12/h1-8H;1-4,11,13H,5-8H2. The Morgan fingerprint density at radius 3 is 1.88 bits per heavy atom. The van der Waals surface area contributed by atoms with Crippen molar-refractivity contribution < 1.29 is 5.11 Å². The Kier molecular flexibility index (Phi) is 4.40. The molecule has 3 aliphatic rings. The van der Waals surface area contributed by atoms with E-state index in [2.05, 4.69) is 52.7 Å². The largest absolute Gasteiger partial charge is 0.506 e. The van der Waals surface area contributed by atoms with E-state index in [-0.39, 0.29) is 0 Å². The fraction of sp³-hybridized carbons (Fsp3) is 0.182. The van der Waals surface area contributed by atoms with Crippen molar-refractivity contribution >= 4 is 5.69 Å². The highest BCUT2D eigenvalue weighted by molar-refractivity contribution is 5.89. The number of rotatable bonds is 2. The number of phenols is 1. The number of phenolic OH excluding ortho intramolecular Hbond substituents is 1. The van der Waals surface area contributed by atoms with Gasteiger partial charge in [0.1, 0.15) is 5.75 Å². The van der Waals surface area contributed by atoms with Gasteiger partial charge in [-0.05, 0) is 52.6 Å². The predicted molar refractivity (Wildman–Crippen MR) is 104 cm³/mol. The van der Waals surface area contributed by atoms with Crippen molar-refractivity contribution in [3.63, 3.8) is 0 Å². The minimum Gasteiger partial charge on any atom is -0.506 e. The van der Waals surface area contributed by atoms with E-state index in [0.717, 1.165) is 31.9 Å². The molecule has 1 saturated heterocycles. The fourth-order valence-electron chi connectivity index (χ4n) is 3.19. The van der Waals surface area contributed by atoms with E-state index in [4.69, 9.17) is 0 Å². The van der Waals surface area contributed by atoms with Crippen LogP contribution in [0, 0.1) is 0 Å². The predicted octanol–water partition coefficient (Wildman–Crippen LogP) is 4.14. The Bertz CT molecular complexity index is 835. The Labute approximate surface area is 148 Å². The minimum absolute atomic E-state index is 0.379. The zero-order valence-corrected chi connectivity index (χ0v) is 14.2. The van der Waals surface area contributed by atoms with Gasteiger partial charge in [0, 0.05) is 26.2 Å². The molecule has 0 atom stereocenters. The Balaban J connectivity index is 0.000000126. The molecular weight excluding hydrogens is 308 g/mol. The summed E-state index contributed by atoms with van der Waals surface area (Å²) in [5, 5.41) is 12.9. The van der Waals surface area contributed by atoms with Crippen molar-refractivity contribution in [3.8, 4) is 28.0 Å². The Hall–Kier alpha value is -2.78. The number of fused-ring (bicyclic) bond motifs is 1. The lowest BCUT2D eigenvalue weighted by atomic mass is 10.1. The summed E-state index contributed by atoms with van der Waals surface area (Å²) in [6, 6.07) is 24.7. The van der Waals surface area contributed by atoms with Crippen LogP contribution in [0.5, 0.6) is 5.75 Å². The van der Waals surface area contributed by atoms with Gasteiger partial charge in [0.2, 0.25) is 0 Å². The first-order chi connectivity index (χ1) is 12.3. The molecule has 1 aliphatic heterocycles. The van der Waals surface area contributed by atoms with Gasteiger partial charge in [-0.25, -0.2) is 0 Å². The number of benzene rings is 3. The van der Waals surface area contributed by atoms with Crippen LogP contribution in [-0.2, 0) is 0 Å². The highest BCUT2D eigenvalue weighted by atomic mass is 16.3. The van der Waals surface area contributed by atoms with Gasteiger partial charge in [0.15, 0.2) is 0 Å². The summed E-state index contributed by atoms with van der Waals surface area (Å²) in [5.74, 6) is 0.379. The van der Waals surface area contributed by atoms with Crippen LogP contribution in [0.2, 0.25) is 0 Å². The van der Waals surface area contributed by atoms with Crippen LogP contribution in [0.4, 0.5) is 5.69 Å². The lowest BCUT2D eigenvalue weighted by molar-refractivity contribution is 0.470. The normalized spacial score (nSPS) is 14.5. The Morgan fingerprint density at radius 2 is 1.24 bits per heavy atom. The molecule has 2 aliphatic carbocycles. The maximum absolute atomic E-state index is 9.60. The third-order valence-electron chi connectivity index (χ3n) is 4.63. The van der Waals surface area contributed by atoms with E-state index in [0.29, 0.717) is 5.75 Å². The first-order valence-corrected chi connectivity index (χ1v) is 8.76. The number of nitrogens with zero attached hydrogens (tertiary/aromatic N) is 1. The molecule has 0 bridgehead atoms. The number of nitrogens with one attached hydrogen (secondary N) is 1. The molecule has 126 valence electrons. The van der Waals surface area contributed by atoms with Gasteiger partial charge < -0.3 is 15.3 Å². The molecule has 5 rings (SSSR count). The fourth-order valence-corrected chi connectivity index (χ4v) is 3.19. The SMILES string of the molecule is Oc1ccccc1N1CCNCC1.c1ccc(-c2cc3cc-3c2)cc1. The van der Waals surface area contributed by atoms with Crippen LogP contribution >= 0.6 is 0 Å². The molecule has 0 spiro atoms. The number of anilines is 1. The monoisotopic (exact) mass is 330 g/mol. The third-order valence-corrected chi connectivity index (χ3v) is 4.63. The van der Waals surface area contributed by atoms with Gasteiger partial charge in [-0.1, -0.05) is 42.5 Å². The number of hydrogen-bond acceptors (Lipinski definition) is 3. The van der Waals surface area contributed by atoms with Crippen molar-refractivity contribution in [2.45, 2.75) is 0 Å². The van der Waals surface area contributed by atoms with Crippen molar-refractivity contribution in [2.75, 3.05) is 31.1 Å². The van der Waals surface area contributed by atoms with E-state index >= 15 is 0 Å². The van der Waals surface area contributed by atoms with E-state index in [1.807, 2.05) is 24.3 Å². The topological polar surface area (TPSA) is 35.5 Å². The molecular formula is C22H22N2O. The summed E-state index contributed by atoms with van der Waals surface area (Å²) in [6.45, 7) is 3.93.